The number of carbonyl (C=O) groups is 1. The fourth-order valence-electron chi connectivity index (χ4n) is 2.08. The molecule has 1 amide bonds. The topological polar surface area (TPSA) is 52.6 Å². The summed E-state index contributed by atoms with van der Waals surface area (Å²) in [5.74, 6) is -0.691. The van der Waals surface area contributed by atoms with E-state index < -0.39 is 5.82 Å². The zero-order valence-electron chi connectivity index (χ0n) is 10.3. The molecule has 1 aromatic rings. The Bertz CT molecular complexity index is 451. The first-order chi connectivity index (χ1) is 8.54. The maximum atomic E-state index is 13.4. The van der Waals surface area contributed by atoms with Crippen molar-refractivity contribution in [3.05, 3.63) is 29.6 Å². The SMILES string of the molecule is Cc1ccc(F)c(NC(=O)CN2CCC(O)C2)c1. The minimum atomic E-state index is -0.435. The van der Waals surface area contributed by atoms with Crippen molar-refractivity contribution in [2.45, 2.75) is 19.4 Å². The number of aliphatic hydroxyl groups is 1. The Labute approximate surface area is 105 Å². The van der Waals surface area contributed by atoms with Crippen molar-refractivity contribution in [3.63, 3.8) is 0 Å². The normalized spacial score (nSPS) is 20.1. The molecule has 1 unspecified atom stereocenters. The van der Waals surface area contributed by atoms with Gasteiger partial charge in [-0.3, -0.25) is 9.69 Å². The van der Waals surface area contributed by atoms with Gasteiger partial charge in [-0.1, -0.05) is 6.07 Å². The number of rotatable bonds is 3. The molecule has 1 atom stereocenters. The van der Waals surface area contributed by atoms with Crippen LogP contribution in [0.2, 0.25) is 0 Å². The number of nitrogens with one attached hydrogen (secondary N) is 1. The highest BCUT2D eigenvalue weighted by Crippen LogP contribution is 2.16. The average molecular weight is 252 g/mol. The van der Waals surface area contributed by atoms with Crippen LogP contribution in [-0.2, 0) is 4.79 Å². The van der Waals surface area contributed by atoms with Crippen LogP contribution in [0.4, 0.5) is 10.1 Å². The number of carbonyl (C=O) groups excluding carboxylic acids is 1. The number of aryl methyl sites for hydroxylation is 1. The lowest BCUT2D eigenvalue weighted by molar-refractivity contribution is -0.117. The highest BCUT2D eigenvalue weighted by atomic mass is 19.1. The molecule has 0 bridgehead atoms. The van der Waals surface area contributed by atoms with Gasteiger partial charge in [0.1, 0.15) is 5.82 Å². The quantitative estimate of drug-likeness (QED) is 0.848. The molecule has 2 N–H and O–H groups in total. The van der Waals surface area contributed by atoms with E-state index in [2.05, 4.69) is 5.32 Å². The Morgan fingerprint density at radius 2 is 2.39 bits per heavy atom. The van der Waals surface area contributed by atoms with Crippen molar-refractivity contribution in [2.24, 2.45) is 0 Å². The third kappa shape index (κ3) is 3.27. The Kier molecular flexibility index (Phi) is 3.93. The van der Waals surface area contributed by atoms with E-state index in [0.29, 0.717) is 19.5 Å². The van der Waals surface area contributed by atoms with Crippen molar-refractivity contribution in [1.82, 2.24) is 4.90 Å². The molecule has 18 heavy (non-hydrogen) atoms. The van der Waals surface area contributed by atoms with E-state index in [9.17, 15) is 14.3 Å². The molecule has 0 aromatic heterocycles. The minimum Gasteiger partial charge on any atom is -0.392 e. The van der Waals surface area contributed by atoms with E-state index >= 15 is 0 Å². The van der Waals surface area contributed by atoms with Gasteiger partial charge in [0, 0.05) is 13.1 Å². The molecule has 98 valence electrons. The molecular weight excluding hydrogens is 235 g/mol. The van der Waals surface area contributed by atoms with Crippen LogP contribution in [0.25, 0.3) is 0 Å². The first-order valence-electron chi connectivity index (χ1n) is 6.01. The predicted molar refractivity (Wildman–Crippen MR) is 66.8 cm³/mol. The molecule has 0 spiro atoms. The van der Waals surface area contributed by atoms with Crippen LogP contribution in [0.15, 0.2) is 18.2 Å². The molecule has 2 rings (SSSR count). The van der Waals surface area contributed by atoms with Gasteiger partial charge in [-0.2, -0.15) is 0 Å². The van der Waals surface area contributed by atoms with Gasteiger partial charge in [0.2, 0.25) is 5.91 Å². The second kappa shape index (κ2) is 5.46. The first-order valence-corrected chi connectivity index (χ1v) is 6.01. The molecule has 1 aliphatic heterocycles. The number of benzene rings is 1. The standard InChI is InChI=1S/C13H17FN2O2/c1-9-2-3-11(14)12(6-9)15-13(18)8-16-5-4-10(17)7-16/h2-3,6,10,17H,4-5,7-8H2,1H3,(H,15,18). The summed E-state index contributed by atoms with van der Waals surface area (Å²) >= 11 is 0. The third-order valence-electron chi connectivity index (χ3n) is 3.01. The van der Waals surface area contributed by atoms with Crippen LogP contribution < -0.4 is 5.32 Å². The summed E-state index contributed by atoms with van der Waals surface area (Å²) in [5.41, 5.74) is 1.10. The van der Waals surface area contributed by atoms with E-state index in [0.717, 1.165) is 5.56 Å². The van der Waals surface area contributed by atoms with Gasteiger partial charge >= 0.3 is 0 Å². The van der Waals surface area contributed by atoms with Crippen LogP contribution in [0, 0.1) is 12.7 Å². The van der Waals surface area contributed by atoms with Gasteiger partial charge in [0.15, 0.2) is 0 Å². The van der Waals surface area contributed by atoms with E-state index in [1.165, 1.54) is 6.07 Å². The van der Waals surface area contributed by atoms with Crippen LogP contribution in [-0.4, -0.2) is 41.7 Å². The smallest absolute Gasteiger partial charge is 0.238 e. The van der Waals surface area contributed by atoms with E-state index in [-0.39, 0.29) is 24.2 Å². The summed E-state index contributed by atoms with van der Waals surface area (Å²) in [7, 11) is 0. The number of likely N-dealkylation sites (tertiary alicyclic amines) is 1. The number of β-amino-alcohol motifs (C(OH)–C–C–N with tert-alkyl or cyclic N) is 1. The number of aliphatic hydroxyl groups excluding tert-OH is 1. The van der Waals surface area contributed by atoms with Crippen molar-refractivity contribution in [1.29, 1.82) is 0 Å². The van der Waals surface area contributed by atoms with Crippen LogP contribution in [0.3, 0.4) is 0 Å². The fraction of sp³-hybridized carbons (Fsp3) is 0.462. The van der Waals surface area contributed by atoms with E-state index in [4.69, 9.17) is 0 Å². The summed E-state index contributed by atoms with van der Waals surface area (Å²) in [5, 5.41) is 11.9. The van der Waals surface area contributed by atoms with Crippen molar-refractivity contribution < 1.29 is 14.3 Å². The number of hydrogen-bond acceptors (Lipinski definition) is 3. The zero-order valence-corrected chi connectivity index (χ0v) is 10.3. The second-order valence-electron chi connectivity index (χ2n) is 4.71. The lowest BCUT2D eigenvalue weighted by atomic mass is 10.2. The van der Waals surface area contributed by atoms with Gasteiger partial charge in [0.05, 0.1) is 18.3 Å². The molecule has 5 heteroatoms. The van der Waals surface area contributed by atoms with Crippen molar-refractivity contribution >= 4 is 11.6 Å². The van der Waals surface area contributed by atoms with Crippen molar-refractivity contribution in [3.8, 4) is 0 Å². The molecule has 1 saturated heterocycles. The predicted octanol–water partition coefficient (Wildman–Crippen LogP) is 1.14. The van der Waals surface area contributed by atoms with Gasteiger partial charge in [-0.15, -0.1) is 0 Å². The number of anilines is 1. The van der Waals surface area contributed by atoms with Crippen LogP contribution in [0.1, 0.15) is 12.0 Å². The molecule has 0 aliphatic carbocycles. The minimum absolute atomic E-state index is 0.185. The van der Waals surface area contributed by atoms with Gasteiger partial charge in [-0.05, 0) is 31.0 Å². The summed E-state index contributed by atoms with van der Waals surface area (Å²) in [4.78, 5) is 13.6. The molecular formula is C13H17FN2O2. The van der Waals surface area contributed by atoms with E-state index in [1.807, 2.05) is 11.8 Å². The second-order valence-corrected chi connectivity index (χ2v) is 4.71. The monoisotopic (exact) mass is 252 g/mol. The Hall–Kier alpha value is -1.46. The van der Waals surface area contributed by atoms with Gasteiger partial charge in [0.25, 0.3) is 0 Å². The molecule has 1 heterocycles. The Morgan fingerprint density at radius 3 is 3.06 bits per heavy atom. The van der Waals surface area contributed by atoms with Gasteiger partial charge in [-0.25, -0.2) is 4.39 Å². The lowest BCUT2D eigenvalue weighted by Crippen LogP contribution is -2.32. The highest BCUT2D eigenvalue weighted by molar-refractivity contribution is 5.92. The molecule has 1 fully saturated rings. The number of nitrogens with zero attached hydrogens (tertiary/aromatic N) is 1. The lowest BCUT2D eigenvalue weighted by Gasteiger charge is -2.14. The third-order valence-corrected chi connectivity index (χ3v) is 3.01. The summed E-state index contributed by atoms with van der Waals surface area (Å²) in [6, 6.07) is 4.60. The number of hydrogen-bond donors (Lipinski definition) is 2. The maximum Gasteiger partial charge on any atom is 0.238 e. The number of amides is 1. The summed E-state index contributed by atoms with van der Waals surface area (Å²) in [6.45, 7) is 3.23. The molecule has 4 nitrogen and oxygen atoms in total. The maximum absolute atomic E-state index is 13.4. The van der Waals surface area contributed by atoms with Crippen LogP contribution in [0.5, 0.6) is 0 Å². The summed E-state index contributed by atoms with van der Waals surface area (Å²) < 4.78 is 13.4. The zero-order chi connectivity index (χ0) is 13.1. The molecule has 1 aromatic carbocycles. The van der Waals surface area contributed by atoms with E-state index in [1.54, 1.807) is 12.1 Å². The van der Waals surface area contributed by atoms with Gasteiger partial charge < -0.3 is 10.4 Å². The summed E-state index contributed by atoms with van der Waals surface area (Å²) in [6.07, 6.45) is 0.333. The largest absolute Gasteiger partial charge is 0.392 e. The Morgan fingerprint density at radius 1 is 1.61 bits per heavy atom. The average Bonchev–Trinajstić information content (AvgIpc) is 2.69. The molecule has 1 aliphatic rings. The Balaban J connectivity index is 1.92. The molecule has 0 radical (unpaired) electrons. The highest BCUT2D eigenvalue weighted by Gasteiger charge is 2.22. The first kappa shape index (κ1) is 13.0. The molecule has 0 saturated carbocycles. The fourth-order valence-corrected chi connectivity index (χ4v) is 2.08. The van der Waals surface area contributed by atoms with Crippen molar-refractivity contribution in [2.75, 3.05) is 25.0 Å². The van der Waals surface area contributed by atoms with Crippen LogP contribution >= 0.6 is 0 Å². The number of halogens is 1.